The van der Waals surface area contributed by atoms with Crippen LogP contribution in [0, 0.1) is 63.1 Å². The van der Waals surface area contributed by atoms with E-state index in [9.17, 15) is 38.4 Å². The number of rotatable bonds is 20. The van der Waals surface area contributed by atoms with Crippen molar-refractivity contribution in [1.82, 2.24) is 0 Å². The molecule has 384 valence electrons. The van der Waals surface area contributed by atoms with Gasteiger partial charge in [0.05, 0.1) is 51.8 Å². The van der Waals surface area contributed by atoms with Crippen LogP contribution in [0.2, 0.25) is 0 Å². The SMILES string of the molecule is C=[C-]C(=O)OC1CCC(OC(=O)[C-]=C)CC1.C=[C-]C(=O)OCC1CCC(COC(=O)[C-]=C)CC1.[CH-]=C.[CH-]=C.[CH2-]C(=O)OCCCO[C-]=O.[CH2-]C(=O)OCCCO[C-]=O.[CH2]=[W].[CH2]=[W].[W+2].[W+2].[W].[W].[W].[W]. The maximum Gasteiger partial charge on any atom is 2.00 e. The molecule has 0 unspecified atom stereocenters. The molecule has 2 aliphatic rings. The van der Waals surface area contributed by atoms with Gasteiger partial charge in [0.15, 0.2) is 11.9 Å². The Morgan fingerprint density at radius 3 is 0.926 bits per heavy atom. The standard InChI is InChI=1S/C14H18O4.C12H14O4.2C6H8O4.2C2H3.2CH2.8W/c1-3-13(15)17-9-11-5-7-12(8-6-11)10-18-14(16)4-2;1-3-11(13)15-9-5-7-10(8-6-9)16-12(14)4-2;2*1-6(8)10-4-2-3-9-5-7;2*1-2;;;;;;;;;;/h11-12H,1-2,5-10H2;9-10H,1-2,5-8H2;2*1-4H2;2*1H,2H2;2*1H2;;;;;;;;/q4*-2;2*-1;;;;;;;;;2*+2. The maximum atomic E-state index is 10.9. The summed E-state index contributed by atoms with van der Waals surface area (Å²) in [7, 11) is 0. The van der Waals surface area contributed by atoms with Gasteiger partial charge in [0.25, 0.3) is 0 Å². The van der Waals surface area contributed by atoms with Gasteiger partial charge in [0, 0.05) is 97.1 Å². The van der Waals surface area contributed by atoms with E-state index in [0.29, 0.717) is 63.6 Å². The van der Waals surface area contributed by atoms with Gasteiger partial charge in [-0.3, -0.25) is 82.1 Å². The van der Waals surface area contributed by atoms with Crippen molar-refractivity contribution < 1.29 is 241 Å². The molecule has 0 aliphatic heterocycles. The predicted molar refractivity (Wildman–Crippen MR) is 220 cm³/mol. The summed E-state index contributed by atoms with van der Waals surface area (Å²) in [5, 5.41) is 0. The summed E-state index contributed by atoms with van der Waals surface area (Å²) < 4.78 is 37.3. The summed E-state index contributed by atoms with van der Waals surface area (Å²) in [5.41, 5.74) is 0. The van der Waals surface area contributed by atoms with Gasteiger partial charge in [0.2, 0.25) is 0 Å². The molecule has 0 aromatic rings. The van der Waals surface area contributed by atoms with Crippen LogP contribution in [-0.4, -0.2) is 110 Å². The van der Waals surface area contributed by atoms with Crippen LogP contribution in [0.3, 0.4) is 0 Å². The number of esters is 6. The number of hydrogen-bond donors (Lipinski definition) is 0. The van der Waals surface area contributed by atoms with Gasteiger partial charge in [-0.1, -0.05) is 12.9 Å². The summed E-state index contributed by atoms with van der Waals surface area (Å²) in [6.45, 7) is 37.1. The normalized spacial score (nSPS) is 14.5. The minimum atomic E-state index is -0.574. The van der Waals surface area contributed by atoms with Crippen LogP contribution in [0.4, 0.5) is 0 Å². The smallest absolute Gasteiger partial charge is 0 e. The Balaban J connectivity index is -0.0000000582. The monoisotopic (exact) mass is 2310 g/mol. The van der Waals surface area contributed by atoms with Gasteiger partial charge in [-0.15, -0.1) is 0 Å². The van der Waals surface area contributed by atoms with E-state index in [4.69, 9.17) is 18.9 Å². The van der Waals surface area contributed by atoms with E-state index in [0.717, 1.165) is 25.7 Å². The van der Waals surface area contributed by atoms with Gasteiger partial charge in [-0.2, -0.15) is 0 Å². The van der Waals surface area contributed by atoms with E-state index < -0.39 is 35.8 Å². The molecule has 0 N–H and O–H groups in total. The summed E-state index contributed by atoms with van der Waals surface area (Å²) in [4.78, 5) is 89.1. The second-order valence-corrected chi connectivity index (χ2v) is 11.0. The second-order valence-electron chi connectivity index (χ2n) is 11.0. The zero-order valence-corrected chi connectivity index (χ0v) is 61.1. The van der Waals surface area contributed by atoms with Crippen molar-refractivity contribution in [3.05, 3.63) is 90.8 Å². The molecule has 2 rings (SSSR count). The largest absolute Gasteiger partial charge is 2.00 e. The van der Waals surface area contributed by atoms with E-state index in [1.165, 1.54) is 51.7 Å². The zero-order valence-electron chi connectivity index (χ0n) is 37.6. The van der Waals surface area contributed by atoms with E-state index in [1.54, 1.807) is 0 Å². The second kappa shape index (κ2) is 80.3. The van der Waals surface area contributed by atoms with E-state index in [1.807, 2.05) is 0 Å². The van der Waals surface area contributed by atoms with Crippen molar-refractivity contribution in [1.29, 1.82) is 0 Å². The fourth-order valence-electron chi connectivity index (χ4n) is 4.43. The summed E-state index contributed by atoms with van der Waals surface area (Å²) in [6.07, 6.45) is 16.0. The van der Waals surface area contributed by atoms with Crippen molar-refractivity contribution in [2.24, 2.45) is 11.8 Å². The number of ether oxygens (including phenoxy) is 8. The van der Waals surface area contributed by atoms with Crippen LogP contribution in [0.25, 0.3) is 0 Å². The summed E-state index contributed by atoms with van der Waals surface area (Å²) in [6, 6.07) is 0. The fraction of sp³-hybridized carbons (Fsp3) is 0.455. The first-order valence-corrected chi connectivity index (χ1v) is 22.2. The third kappa shape index (κ3) is 76.7. The Bertz CT molecular complexity index is 1170. The molecule has 0 atom stereocenters. The molecule has 24 heteroatoms. The molecule has 0 aromatic heterocycles. The molecule has 0 amide bonds. The van der Waals surface area contributed by atoms with Crippen molar-refractivity contribution in [3.63, 3.8) is 0 Å². The molecular formula is C44H58O16W8-6. The summed E-state index contributed by atoms with van der Waals surface area (Å²) >= 11 is 2.67. The van der Waals surface area contributed by atoms with Crippen LogP contribution >= 0.6 is 0 Å². The summed E-state index contributed by atoms with van der Waals surface area (Å²) in [5.74, 6) is -2.41. The maximum absolute atomic E-state index is 10.9. The minimum Gasteiger partial charge on any atom is 0 e. The Labute approximate surface area is 512 Å². The predicted octanol–water partition coefficient (Wildman–Crippen LogP) is 4.02. The van der Waals surface area contributed by atoms with E-state index in [2.05, 4.69) is 120 Å². The number of carbonyl (C=O) groups excluding carboxylic acids is 8. The molecule has 0 spiro atoms. The Kier molecular flexibility index (Phi) is 114. The van der Waals surface area contributed by atoms with Crippen LogP contribution in [0.1, 0.15) is 64.2 Å². The molecule has 0 bridgehead atoms. The quantitative estimate of drug-likeness (QED) is 0.0554. The average molecular weight is 2310 g/mol. The minimum absolute atomic E-state index is 0. The first kappa shape index (κ1) is 96.6. The third-order valence-electron chi connectivity index (χ3n) is 7.04. The van der Waals surface area contributed by atoms with Crippen LogP contribution in [0.5, 0.6) is 0 Å². The van der Waals surface area contributed by atoms with Gasteiger partial charge < -0.3 is 84.9 Å². The molecule has 0 saturated heterocycles. The van der Waals surface area contributed by atoms with Crippen molar-refractivity contribution in [2.45, 2.75) is 76.4 Å². The van der Waals surface area contributed by atoms with Gasteiger partial charge in [-0.05, 0) is 63.2 Å². The van der Waals surface area contributed by atoms with Crippen molar-refractivity contribution in [3.8, 4) is 0 Å². The Morgan fingerprint density at radius 2 is 0.721 bits per heavy atom. The Morgan fingerprint density at radius 1 is 0.471 bits per heavy atom. The van der Waals surface area contributed by atoms with Crippen molar-refractivity contribution in [2.75, 3.05) is 39.6 Å². The molecule has 0 aromatic carbocycles. The average Bonchev–Trinajstić information content (AvgIpc) is 3.31. The number of carbonyl (C=O) groups is 6. The molecule has 0 radical (unpaired) electrons. The van der Waals surface area contributed by atoms with Crippen LogP contribution in [0.15, 0.2) is 39.5 Å². The number of hydrogen-bond acceptors (Lipinski definition) is 16. The molecule has 68 heavy (non-hydrogen) atoms. The van der Waals surface area contributed by atoms with Gasteiger partial charge >= 0.3 is 90.6 Å². The van der Waals surface area contributed by atoms with Crippen LogP contribution < -0.4 is 0 Å². The van der Waals surface area contributed by atoms with Gasteiger partial charge in [-0.25, -0.2) is 0 Å². The molecule has 2 fully saturated rings. The first-order valence-electron chi connectivity index (χ1n) is 18.1. The first-order chi connectivity index (χ1) is 29.8. The topological polar surface area (TPSA) is 210 Å². The van der Waals surface area contributed by atoms with E-state index >= 15 is 0 Å². The Hall–Kier alpha value is -0.814. The molecule has 2 aliphatic carbocycles. The molecular weight excluding hydrogens is 2260 g/mol. The zero-order chi connectivity index (χ0) is 49.0. The van der Waals surface area contributed by atoms with Crippen molar-refractivity contribution >= 4 is 58.6 Å². The molecule has 2 saturated carbocycles. The van der Waals surface area contributed by atoms with Crippen LogP contribution in [-0.2, 0) is 241 Å². The fourth-order valence-corrected chi connectivity index (χ4v) is 4.43. The molecule has 16 nitrogen and oxygen atoms in total. The third-order valence-corrected chi connectivity index (χ3v) is 7.04. The van der Waals surface area contributed by atoms with E-state index in [-0.39, 0.29) is 165 Å². The van der Waals surface area contributed by atoms with Gasteiger partial charge in [0.1, 0.15) is 23.9 Å². The molecule has 0 heterocycles.